The number of carbonyl (C=O) groups is 1. The van der Waals surface area contributed by atoms with Gasteiger partial charge in [-0.3, -0.25) is 0 Å². The second-order valence-electron chi connectivity index (χ2n) is 3.72. The number of anilines is 1. The topological polar surface area (TPSA) is 81.8 Å². The molecule has 0 saturated heterocycles. The Labute approximate surface area is 107 Å². The van der Waals surface area contributed by atoms with Gasteiger partial charge < -0.3 is 20.3 Å². The number of aliphatic hydroxyl groups is 1. The quantitative estimate of drug-likeness (QED) is 0.438. The fraction of sp³-hybridized carbons (Fsp3) is 0.462. The second kappa shape index (κ2) is 7.55. The molecule has 3 N–H and O–H groups in total. The van der Waals surface area contributed by atoms with Gasteiger partial charge in [-0.1, -0.05) is 6.07 Å². The van der Waals surface area contributed by atoms with Crippen molar-refractivity contribution < 1.29 is 19.4 Å². The van der Waals surface area contributed by atoms with Crippen LogP contribution in [0.1, 0.15) is 30.1 Å². The van der Waals surface area contributed by atoms with Crippen molar-refractivity contribution in [2.24, 2.45) is 0 Å². The smallest absolute Gasteiger partial charge is 0.344 e. The van der Waals surface area contributed by atoms with Crippen LogP contribution in [0.2, 0.25) is 0 Å². The molecule has 0 heterocycles. The number of hydrogen-bond acceptors (Lipinski definition) is 5. The monoisotopic (exact) mass is 253 g/mol. The van der Waals surface area contributed by atoms with Crippen molar-refractivity contribution >= 4 is 11.7 Å². The van der Waals surface area contributed by atoms with Gasteiger partial charge in [-0.2, -0.15) is 0 Å². The van der Waals surface area contributed by atoms with Gasteiger partial charge in [0.1, 0.15) is 11.3 Å². The van der Waals surface area contributed by atoms with E-state index in [1.54, 1.807) is 18.2 Å². The molecule has 5 heteroatoms. The summed E-state index contributed by atoms with van der Waals surface area (Å²) in [6, 6.07) is 5.04. The fourth-order valence-corrected chi connectivity index (χ4v) is 1.49. The maximum absolute atomic E-state index is 11.9. The largest absolute Gasteiger partial charge is 0.493 e. The van der Waals surface area contributed by atoms with E-state index in [4.69, 9.17) is 20.3 Å². The summed E-state index contributed by atoms with van der Waals surface area (Å²) in [6.07, 6.45) is 1.23. The SMILES string of the molecule is CCOc1cccc(N)c1C(=O)OCCCCO. The number of nitrogen functional groups attached to an aromatic ring is 1. The summed E-state index contributed by atoms with van der Waals surface area (Å²) in [5.74, 6) is -0.0563. The fourth-order valence-electron chi connectivity index (χ4n) is 1.49. The molecule has 0 bridgehead atoms. The lowest BCUT2D eigenvalue weighted by atomic mass is 10.1. The number of esters is 1. The molecule has 0 unspecified atom stereocenters. The summed E-state index contributed by atoms with van der Waals surface area (Å²) in [6.45, 7) is 2.64. The molecule has 1 aromatic carbocycles. The normalized spacial score (nSPS) is 10.1. The van der Waals surface area contributed by atoms with Gasteiger partial charge in [0.25, 0.3) is 0 Å². The minimum atomic E-state index is -0.491. The standard InChI is InChI=1S/C13H19NO4/c1-2-17-11-7-5-6-10(14)12(11)13(16)18-9-4-3-8-15/h5-7,15H,2-4,8-9,14H2,1H3. The van der Waals surface area contributed by atoms with Gasteiger partial charge in [-0.25, -0.2) is 4.79 Å². The van der Waals surface area contributed by atoms with Gasteiger partial charge in [-0.05, 0) is 31.9 Å². The number of carbonyl (C=O) groups excluding carboxylic acids is 1. The number of benzene rings is 1. The van der Waals surface area contributed by atoms with E-state index in [9.17, 15) is 4.79 Å². The Morgan fingerprint density at radius 1 is 1.39 bits per heavy atom. The maximum atomic E-state index is 11.9. The molecule has 1 aromatic rings. The third kappa shape index (κ3) is 3.92. The predicted octanol–water partition coefficient (Wildman–Crippen LogP) is 1.60. The molecule has 5 nitrogen and oxygen atoms in total. The van der Waals surface area contributed by atoms with E-state index in [2.05, 4.69) is 0 Å². The number of unbranched alkanes of at least 4 members (excludes halogenated alkanes) is 1. The molecule has 0 aliphatic carbocycles. The average Bonchev–Trinajstić information content (AvgIpc) is 2.35. The molecule has 0 spiro atoms. The van der Waals surface area contributed by atoms with Crippen LogP contribution in [-0.4, -0.2) is 30.9 Å². The average molecular weight is 253 g/mol. The first-order valence-corrected chi connectivity index (χ1v) is 6.00. The molecule has 0 aromatic heterocycles. The molecule has 0 atom stereocenters. The van der Waals surface area contributed by atoms with Crippen molar-refractivity contribution in [3.05, 3.63) is 23.8 Å². The number of aliphatic hydroxyl groups excluding tert-OH is 1. The predicted molar refractivity (Wildman–Crippen MR) is 68.6 cm³/mol. The van der Waals surface area contributed by atoms with Gasteiger partial charge in [0, 0.05) is 12.3 Å². The molecule has 0 aliphatic heterocycles. The van der Waals surface area contributed by atoms with E-state index in [-0.39, 0.29) is 18.8 Å². The molecule has 0 amide bonds. The van der Waals surface area contributed by atoms with Gasteiger partial charge >= 0.3 is 5.97 Å². The van der Waals surface area contributed by atoms with Gasteiger partial charge in [0.2, 0.25) is 0 Å². The van der Waals surface area contributed by atoms with Crippen molar-refractivity contribution in [3.8, 4) is 5.75 Å². The lowest BCUT2D eigenvalue weighted by Gasteiger charge is -2.11. The van der Waals surface area contributed by atoms with E-state index in [1.807, 2.05) is 6.92 Å². The van der Waals surface area contributed by atoms with E-state index in [1.165, 1.54) is 0 Å². The highest BCUT2D eigenvalue weighted by molar-refractivity contribution is 5.98. The van der Waals surface area contributed by atoms with Crippen LogP contribution in [0.3, 0.4) is 0 Å². The van der Waals surface area contributed by atoms with Crippen LogP contribution in [0.5, 0.6) is 5.75 Å². The van der Waals surface area contributed by atoms with Crippen molar-refractivity contribution in [3.63, 3.8) is 0 Å². The first-order valence-electron chi connectivity index (χ1n) is 6.00. The molecule has 0 aliphatic rings. The Morgan fingerprint density at radius 3 is 2.83 bits per heavy atom. The third-order valence-corrected chi connectivity index (χ3v) is 2.35. The summed E-state index contributed by atoms with van der Waals surface area (Å²) < 4.78 is 10.4. The van der Waals surface area contributed by atoms with Gasteiger partial charge in [0.15, 0.2) is 0 Å². The summed E-state index contributed by atoms with van der Waals surface area (Å²) in [7, 11) is 0. The Balaban J connectivity index is 2.71. The highest BCUT2D eigenvalue weighted by atomic mass is 16.5. The zero-order chi connectivity index (χ0) is 13.4. The highest BCUT2D eigenvalue weighted by Gasteiger charge is 2.17. The van der Waals surface area contributed by atoms with Crippen LogP contribution in [0.15, 0.2) is 18.2 Å². The molecule has 18 heavy (non-hydrogen) atoms. The molecule has 1 rings (SSSR count). The summed E-state index contributed by atoms with van der Waals surface area (Å²) in [5, 5.41) is 8.63. The van der Waals surface area contributed by atoms with E-state index in [0.29, 0.717) is 30.9 Å². The van der Waals surface area contributed by atoms with Crippen molar-refractivity contribution in [2.45, 2.75) is 19.8 Å². The molecular formula is C13H19NO4. The number of ether oxygens (including phenoxy) is 2. The minimum absolute atomic E-state index is 0.0925. The molecule has 0 fully saturated rings. The van der Waals surface area contributed by atoms with Crippen LogP contribution in [0.4, 0.5) is 5.69 Å². The molecular weight excluding hydrogens is 234 g/mol. The first kappa shape index (κ1) is 14.3. The lowest BCUT2D eigenvalue weighted by Crippen LogP contribution is -2.12. The minimum Gasteiger partial charge on any atom is -0.493 e. The Morgan fingerprint density at radius 2 is 2.17 bits per heavy atom. The molecule has 0 radical (unpaired) electrons. The van der Waals surface area contributed by atoms with E-state index < -0.39 is 5.97 Å². The first-order chi connectivity index (χ1) is 8.70. The van der Waals surface area contributed by atoms with Crippen molar-refractivity contribution in [1.29, 1.82) is 0 Å². The maximum Gasteiger partial charge on any atom is 0.344 e. The lowest BCUT2D eigenvalue weighted by molar-refractivity contribution is 0.0489. The zero-order valence-electron chi connectivity index (χ0n) is 10.5. The Kier molecular flexibility index (Phi) is 6.00. The van der Waals surface area contributed by atoms with Gasteiger partial charge in [-0.15, -0.1) is 0 Å². The number of nitrogens with two attached hydrogens (primary N) is 1. The van der Waals surface area contributed by atoms with E-state index >= 15 is 0 Å². The Bertz CT molecular complexity index is 393. The van der Waals surface area contributed by atoms with Crippen LogP contribution in [0.25, 0.3) is 0 Å². The Hall–Kier alpha value is -1.75. The summed E-state index contributed by atoms with van der Waals surface area (Å²) in [5.41, 5.74) is 6.37. The summed E-state index contributed by atoms with van der Waals surface area (Å²) in [4.78, 5) is 11.9. The number of rotatable bonds is 7. The molecule has 0 saturated carbocycles. The van der Waals surface area contributed by atoms with Gasteiger partial charge in [0.05, 0.1) is 13.2 Å². The van der Waals surface area contributed by atoms with Crippen molar-refractivity contribution in [2.75, 3.05) is 25.6 Å². The van der Waals surface area contributed by atoms with Crippen LogP contribution in [-0.2, 0) is 4.74 Å². The number of hydrogen-bond donors (Lipinski definition) is 2. The third-order valence-electron chi connectivity index (χ3n) is 2.35. The van der Waals surface area contributed by atoms with Crippen molar-refractivity contribution in [1.82, 2.24) is 0 Å². The highest BCUT2D eigenvalue weighted by Crippen LogP contribution is 2.25. The van der Waals surface area contributed by atoms with Crippen LogP contribution in [0, 0.1) is 0 Å². The van der Waals surface area contributed by atoms with E-state index in [0.717, 1.165) is 0 Å². The summed E-state index contributed by atoms with van der Waals surface area (Å²) >= 11 is 0. The van der Waals surface area contributed by atoms with Crippen LogP contribution < -0.4 is 10.5 Å². The van der Waals surface area contributed by atoms with Crippen LogP contribution >= 0.6 is 0 Å². The zero-order valence-corrected chi connectivity index (χ0v) is 10.5. The molecule has 100 valence electrons. The second-order valence-corrected chi connectivity index (χ2v) is 3.72.